The average Bonchev–Trinajstić information content (AvgIpc) is 2.28. The summed E-state index contributed by atoms with van der Waals surface area (Å²) in [6, 6.07) is 4.00. The molecule has 0 saturated heterocycles. The molecule has 0 N–H and O–H groups in total. The van der Waals surface area contributed by atoms with Gasteiger partial charge in [0.2, 0.25) is 0 Å². The molecule has 0 aromatic carbocycles. The van der Waals surface area contributed by atoms with Crippen molar-refractivity contribution in [3.63, 3.8) is 0 Å². The van der Waals surface area contributed by atoms with Crippen molar-refractivity contribution >= 4 is 11.6 Å². The summed E-state index contributed by atoms with van der Waals surface area (Å²) in [5, 5.41) is 8.65. The van der Waals surface area contributed by atoms with Gasteiger partial charge in [0.05, 0.1) is 6.07 Å². The molecule has 92 valence electrons. The maximum Gasteiger partial charge on any atom is 0.134 e. The van der Waals surface area contributed by atoms with E-state index in [-0.39, 0.29) is 0 Å². The lowest BCUT2D eigenvalue weighted by atomic mass is 10.2. The van der Waals surface area contributed by atoms with E-state index in [1.165, 1.54) is 6.33 Å². The van der Waals surface area contributed by atoms with Crippen LogP contribution in [-0.2, 0) is 0 Å². The standard InChI is InChI=1S/C12H19N5/c1-10(2)8-17(4)12-7-11(14-9-15-12)16(3)6-5-13/h7,9-10H,6,8H2,1-4H3. The monoisotopic (exact) mass is 233 g/mol. The average molecular weight is 233 g/mol. The third-order valence-electron chi connectivity index (χ3n) is 2.37. The van der Waals surface area contributed by atoms with E-state index in [9.17, 15) is 0 Å². The first-order valence-corrected chi connectivity index (χ1v) is 5.66. The normalized spacial score (nSPS) is 10.1. The highest BCUT2D eigenvalue weighted by Crippen LogP contribution is 2.16. The molecule has 5 nitrogen and oxygen atoms in total. The van der Waals surface area contributed by atoms with Crippen LogP contribution in [0.2, 0.25) is 0 Å². The van der Waals surface area contributed by atoms with Gasteiger partial charge in [-0.05, 0) is 5.92 Å². The molecule has 0 aliphatic rings. The van der Waals surface area contributed by atoms with Gasteiger partial charge in [-0.2, -0.15) is 5.26 Å². The van der Waals surface area contributed by atoms with Crippen LogP contribution < -0.4 is 9.80 Å². The molecule has 1 aromatic heterocycles. The number of nitriles is 1. The van der Waals surface area contributed by atoms with Crippen LogP contribution in [0.1, 0.15) is 13.8 Å². The Kier molecular flexibility index (Phi) is 4.70. The lowest BCUT2D eigenvalue weighted by Crippen LogP contribution is -2.24. The molecule has 0 fully saturated rings. The van der Waals surface area contributed by atoms with Crippen LogP contribution >= 0.6 is 0 Å². The van der Waals surface area contributed by atoms with E-state index < -0.39 is 0 Å². The van der Waals surface area contributed by atoms with Crippen molar-refractivity contribution in [1.29, 1.82) is 5.26 Å². The Labute approximate surface area is 103 Å². The summed E-state index contributed by atoms with van der Waals surface area (Å²) in [7, 11) is 3.86. The van der Waals surface area contributed by atoms with Crippen molar-refractivity contribution in [3.05, 3.63) is 12.4 Å². The van der Waals surface area contributed by atoms with Gasteiger partial charge in [0.1, 0.15) is 24.5 Å². The van der Waals surface area contributed by atoms with Crippen molar-refractivity contribution < 1.29 is 0 Å². The minimum atomic E-state index is 0.324. The zero-order valence-electron chi connectivity index (χ0n) is 10.9. The van der Waals surface area contributed by atoms with E-state index in [0.717, 1.165) is 18.2 Å². The molecule has 1 aromatic rings. The van der Waals surface area contributed by atoms with Crippen molar-refractivity contribution in [2.24, 2.45) is 5.92 Å². The largest absolute Gasteiger partial charge is 0.359 e. The van der Waals surface area contributed by atoms with Gasteiger partial charge in [0.25, 0.3) is 0 Å². The first-order valence-electron chi connectivity index (χ1n) is 5.66. The number of anilines is 2. The Morgan fingerprint density at radius 2 is 1.82 bits per heavy atom. The number of nitrogens with zero attached hydrogens (tertiary/aromatic N) is 5. The molecule has 5 heteroatoms. The van der Waals surface area contributed by atoms with Gasteiger partial charge in [0.15, 0.2) is 0 Å². The zero-order chi connectivity index (χ0) is 12.8. The van der Waals surface area contributed by atoms with Gasteiger partial charge >= 0.3 is 0 Å². The van der Waals surface area contributed by atoms with Gasteiger partial charge in [0, 0.05) is 26.7 Å². The lowest BCUT2D eigenvalue weighted by molar-refractivity contribution is 0.634. The molecular weight excluding hydrogens is 214 g/mol. The second-order valence-electron chi connectivity index (χ2n) is 4.52. The van der Waals surface area contributed by atoms with E-state index in [0.29, 0.717) is 12.5 Å². The molecule has 0 unspecified atom stereocenters. The molecular formula is C12H19N5. The van der Waals surface area contributed by atoms with Crippen LogP contribution in [0.4, 0.5) is 11.6 Å². The second kappa shape index (κ2) is 6.04. The fraction of sp³-hybridized carbons (Fsp3) is 0.583. The van der Waals surface area contributed by atoms with E-state index in [4.69, 9.17) is 5.26 Å². The zero-order valence-corrected chi connectivity index (χ0v) is 10.9. The van der Waals surface area contributed by atoms with Crippen LogP contribution in [0.3, 0.4) is 0 Å². The smallest absolute Gasteiger partial charge is 0.134 e. The molecule has 0 amide bonds. The van der Waals surface area contributed by atoms with Crippen LogP contribution in [0.5, 0.6) is 0 Å². The third kappa shape index (κ3) is 3.91. The van der Waals surface area contributed by atoms with Crippen molar-refractivity contribution in [1.82, 2.24) is 9.97 Å². The number of hydrogen-bond donors (Lipinski definition) is 0. The quantitative estimate of drug-likeness (QED) is 0.722. The number of hydrogen-bond acceptors (Lipinski definition) is 5. The second-order valence-corrected chi connectivity index (χ2v) is 4.52. The Morgan fingerprint density at radius 3 is 2.35 bits per heavy atom. The first-order chi connectivity index (χ1) is 8.04. The summed E-state index contributed by atoms with van der Waals surface area (Å²) < 4.78 is 0. The Bertz CT molecular complexity index is 396. The van der Waals surface area contributed by atoms with Crippen molar-refractivity contribution in [2.75, 3.05) is 37.0 Å². The van der Waals surface area contributed by atoms with E-state index >= 15 is 0 Å². The summed E-state index contributed by atoms with van der Waals surface area (Å²) in [4.78, 5) is 12.3. The summed E-state index contributed by atoms with van der Waals surface area (Å²) in [6.45, 7) is 5.60. The molecule has 0 spiro atoms. The van der Waals surface area contributed by atoms with Crippen LogP contribution in [0, 0.1) is 17.2 Å². The molecule has 0 bridgehead atoms. The SMILES string of the molecule is CC(C)CN(C)c1cc(N(C)CC#N)ncn1. The molecule has 17 heavy (non-hydrogen) atoms. The summed E-state index contributed by atoms with van der Waals surface area (Å²) in [6.07, 6.45) is 1.54. The highest BCUT2D eigenvalue weighted by molar-refractivity contribution is 5.49. The molecule has 1 heterocycles. The Hall–Kier alpha value is -1.83. The van der Waals surface area contributed by atoms with Gasteiger partial charge in [-0.3, -0.25) is 0 Å². The predicted molar refractivity (Wildman–Crippen MR) is 69.0 cm³/mol. The van der Waals surface area contributed by atoms with Crippen molar-refractivity contribution in [2.45, 2.75) is 13.8 Å². The summed E-state index contributed by atoms with van der Waals surface area (Å²) >= 11 is 0. The molecule has 0 radical (unpaired) electrons. The van der Waals surface area contributed by atoms with Gasteiger partial charge < -0.3 is 9.80 Å². The fourth-order valence-corrected chi connectivity index (χ4v) is 1.58. The van der Waals surface area contributed by atoms with Gasteiger partial charge in [-0.1, -0.05) is 13.8 Å². The lowest BCUT2D eigenvalue weighted by Gasteiger charge is -2.22. The minimum Gasteiger partial charge on any atom is -0.359 e. The Balaban J connectivity index is 2.82. The topological polar surface area (TPSA) is 56.0 Å². The Morgan fingerprint density at radius 1 is 1.24 bits per heavy atom. The van der Waals surface area contributed by atoms with E-state index in [1.54, 1.807) is 4.90 Å². The number of aromatic nitrogens is 2. The third-order valence-corrected chi connectivity index (χ3v) is 2.37. The first kappa shape index (κ1) is 13.2. The van der Waals surface area contributed by atoms with Crippen molar-refractivity contribution in [3.8, 4) is 6.07 Å². The van der Waals surface area contributed by atoms with Crippen LogP contribution in [0.15, 0.2) is 12.4 Å². The maximum absolute atomic E-state index is 8.65. The maximum atomic E-state index is 8.65. The molecule has 0 aliphatic carbocycles. The molecule has 0 atom stereocenters. The predicted octanol–water partition coefficient (Wildman–Crippen LogP) is 1.53. The fourth-order valence-electron chi connectivity index (χ4n) is 1.58. The molecule has 0 aliphatic heterocycles. The van der Waals surface area contributed by atoms with Gasteiger partial charge in [-0.15, -0.1) is 0 Å². The highest BCUT2D eigenvalue weighted by atomic mass is 15.2. The molecule has 1 rings (SSSR count). The van der Waals surface area contributed by atoms with Gasteiger partial charge in [-0.25, -0.2) is 9.97 Å². The van der Waals surface area contributed by atoms with Crippen LogP contribution in [-0.4, -0.2) is 37.2 Å². The highest BCUT2D eigenvalue weighted by Gasteiger charge is 2.08. The molecule has 0 saturated carbocycles. The van der Waals surface area contributed by atoms with Crippen LogP contribution in [0.25, 0.3) is 0 Å². The summed E-state index contributed by atoms with van der Waals surface area (Å²) in [5.74, 6) is 2.23. The minimum absolute atomic E-state index is 0.324. The summed E-state index contributed by atoms with van der Waals surface area (Å²) in [5.41, 5.74) is 0. The van der Waals surface area contributed by atoms with E-state index in [1.807, 2.05) is 20.2 Å². The number of rotatable bonds is 5. The van der Waals surface area contributed by atoms with E-state index in [2.05, 4.69) is 34.8 Å².